The molecular formula is C16H14BrFN2. The zero-order valence-electron chi connectivity index (χ0n) is 11.0. The predicted molar refractivity (Wildman–Crippen MR) is 83.3 cm³/mol. The van der Waals surface area contributed by atoms with E-state index in [0.717, 1.165) is 26.7 Å². The van der Waals surface area contributed by atoms with Gasteiger partial charge in [-0.15, -0.1) is 0 Å². The number of fused-ring (bicyclic) bond motifs is 1. The maximum Gasteiger partial charge on any atom is 0.131 e. The van der Waals surface area contributed by atoms with Crippen LogP contribution in [0.25, 0.3) is 17.2 Å². The SMILES string of the molecule is Cc1cccc(F)c1-c1cc(Br)c2c(c1)CNC(N)=C2. The lowest BCUT2D eigenvalue weighted by Gasteiger charge is -2.19. The molecule has 1 aliphatic rings. The first-order chi connectivity index (χ1) is 9.56. The summed E-state index contributed by atoms with van der Waals surface area (Å²) in [4.78, 5) is 0. The van der Waals surface area contributed by atoms with Crippen LogP contribution >= 0.6 is 15.9 Å². The molecule has 0 amide bonds. The van der Waals surface area contributed by atoms with Crippen molar-refractivity contribution in [3.05, 3.63) is 63.1 Å². The fraction of sp³-hybridized carbons (Fsp3) is 0.125. The van der Waals surface area contributed by atoms with Crippen LogP contribution in [0.2, 0.25) is 0 Å². The first-order valence-electron chi connectivity index (χ1n) is 6.35. The highest BCUT2D eigenvalue weighted by atomic mass is 79.9. The van der Waals surface area contributed by atoms with Crippen molar-refractivity contribution >= 4 is 22.0 Å². The second-order valence-electron chi connectivity index (χ2n) is 4.92. The van der Waals surface area contributed by atoms with Crippen molar-refractivity contribution in [1.29, 1.82) is 0 Å². The first-order valence-corrected chi connectivity index (χ1v) is 7.14. The van der Waals surface area contributed by atoms with Gasteiger partial charge in [-0.1, -0.05) is 28.1 Å². The van der Waals surface area contributed by atoms with Gasteiger partial charge in [-0.25, -0.2) is 4.39 Å². The normalized spacial score (nSPS) is 13.4. The van der Waals surface area contributed by atoms with Crippen LogP contribution in [0.5, 0.6) is 0 Å². The smallest absolute Gasteiger partial charge is 0.131 e. The van der Waals surface area contributed by atoms with Gasteiger partial charge in [0.25, 0.3) is 0 Å². The van der Waals surface area contributed by atoms with E-state index in [0.29, 0.717) is 17.9 Å². The van der Waals surface area contributed by atoms with E-state index < -0.39 is 0 Å². The Labute approximate surface area is 125 Å². The summed E-state index contributed by atoms with van der Waals surface area (Å²) < 4.78 is 15.0. The maximum atomic E-state index is 14.1. The highest BCUT2D eigenvalue weighted by Gasteiger charge is 2.15. The molecule has 2 nitrogen and oxygen atoms in total. The standard InChI is InChI=1S/C16H14BrFN2/c1-9-3-2-4-14(18)16(9)10-5-11-8-20-15(19)7-12(11)13(17)6-10/h2-7,20H,8,19H2,1H3. The van der Waals surface area contributed by atoms with Crippen molar-refractivity contribution in [3.8, 4) is 11.1 Å². The summed E-state index contributed by atoms with van der Waals surface area (Å²) in [6, 6.07) is 9.10. The van der Waals surface area contributed by atoms with Crippen LogP contribution in [-0.2, 0) is 6.54 Å². The molecule has 4 heteroatoms. The van der Waals surface area contributed by atoms with Gasteiger partial charge in [0.15, 0.2) is 0 Å². The van der Waals surface area contributed by atoms with Crippen LogP contribution < -0.4 is 11.1 Å². The van der Waals surface area contributed by atoms with E-state index >= 15 is 0 Å². The van der Waals surface area contributed by atoms with E-state index in [9.17, 15) is 4.39 Å². The van der Waals surface area contributed by atoms with Crippen molar-refractivity contribution in [2.75, 3.05) is 0 Å². The average molecular weight is 333 g/mol. The van der Waals surface area contributed by atoms with Gasteiger partial charge >= 0.3 is 0 Å². The lowest BCUT2D eigenvalue weighted by Crippen LogP contribution is -2.23. The minimum atomic E-state index is -0.198. The van der Waals surface area contributed by atoms with Crippen molar-refractivity contribution in [2.24, 2.45) is 5.73 Å². The molecular weight excluding hydrogens is 319 g/mol. The van der Waals surface area contributed by atoms with E-state index in [1.54, 1.807) is 6.07 Å². The molecule has 0 radical (unpaired) electrons. The van der Waals surface area contributed by atoms with Gasteiger partial charge in [0.1, 0.15) is 5.82 Å². The summed E-state index contributed by atoms with van der Waals surface area (Å²) in [7, 11) is 0. The molecule has 102 valence electrons. The van der Waals surface area contributed by atoms with E-state index in [1.165, 1.54) is 6.07 Å². The van der Waals surface area contributed by atoms with Crippen LogP contribution in [0.15, 0.2) is 40.6 Å². The summed E-state index contributed by atoms with van der Waals surface area (Å²) in [5.74, 6) is 0.448. The predicted octanol–water partition coefficient (Wildman–Crippen LogP) is 3.92. The zero-order chi connectivity index (χ0) is 14.3. The second kappa shape index (κ2) is 4.94. The first kappa shape index (κ1) is 13.2. The fourth-order valence-corrected chi connectivity index (χ4v) is 3.14. The van der Waals surface area contributed by atoms with Gasteiger partial charge in [-0.3, -0.25) is 0 Å². The minimum Gasteiger partial charge on any atom is -0.386 e. The molecule has 0 atom stereocenters. The largest absolute Gasteiger partial charge is 0.386 e. The highest BCUT2D eigenvalue weighted by molar-refractivity contribution is 9.10. The third kappa shape index (κ3) is 2.20. The zero-order valence-corrected chi connectivity index (χ0v) is 12.6. The molecule has 2 aromatic rings. The molecule has 20 heavy (non-hydrogen) atoms. The number of hydrogen-bond donors (Lipinski definition) is 2. The van der Waals surface area contributed by atoms with Gasteiger partial charge in [0, 0.05) is 16.6 Å². The lowest BCUT2D eigenvalue weighted by molar-refractivity contribution is 0.630. The van der Waals surface area contributed by atoms with Crippen molar-refractivity contribution in [2.45, 2.75) is 13.5 Å². The monoisotopic (exact) mass is 332 g/mol. The van der Waals surface area contributed by atoms with Gasteiger partial charge in [-0.2, -0.15) is 0 Å². The van der Waals surface area contributed by atoms with Gasteiger partial charge in [0.05, 0.1) is 5.82 Å². The number of benzene rings is 2. The molecule has 2 aromatic carbocycles. The molecule has 0 fully saturated rings. The Hall–Kier alpha value is -1.81. The molecule has 3 N–H and O–H groups in total. The van der Waals surface area contributed by atoms with Gasteiger partial charge in [-0.05, 0) is 53.5 Å². The Morgan fingerprint density at radius 3 is 2.85 bits per heavy atom. The topological polar surface area (TPSA) is 38.0 Å². The Bertz CT molecular complexity index is 702. The van der Waals surface area contributed by atoms with Gasteiger partial charge in [0.2, 0.25) is 0 Å². The molecule has 0 spiro atoms. The minimum absolute atomic E-state index is 0.198. The van der Waals surface area contributed by atoms with E-state index in [1.807, 2.05) is 31.2 Å². The fourth-order valence-electron chi connectivity index (χ4n) is 2.53. The summed E-state index contributed by atoms with van der Waals surface area (Å²) in [6.45, 7) is 2.57. The van der Waals surface area contributed by atoms with E-state index in [-0.39, 0.29) is 5.82 Å². The van der Waals surface area contributed by atoms with Gasteiger partial charge < -0.3 is 11.1 Å². The third-order valence-corrected chi connectivity index (χ3v) is 4.16. The molecule has 1 heterocycles. The van der Waals surface area contributed by atoms with Crippen LogP contribution in [0, 0.1) is 12.7 Å². The highest BCUT2D eigenvalue weighted by Crippen LogP contribution is 2.34. The molecule has 0 saturated heterocycles. The quantitative estimate of drug-likeness (QED) is 0.830. The summed E-state index contributed by atoms with van der Waals surface area (Å²) >= 11 is 3.56. The van der Waals surface area contributed by atoms with Crippen LogP contribution in [0.1, 0.15) is 16.7 Å². The van der Waals surface area contributed by atoms with Crippen molar-refractivity contribution < 1.29 is 4.39 Å². The summed E-state index contributed by atoms with van der Waals surface area (Å²) in [5.41, 5.74) is 10.4. The molecule has 3 rings (SSSR count). The summed E-state index contributed by atoms with van der Waals surface area (Å²) in [5, 5.41) is 3.10. The Kier molecular flexibility index (Phi) is 3.26. The number of nitrogens with two attached hydrogens (primary N) is 1. The third-order valence-electron chi connectivity index (χ3n) is 3.51. The van der Waals surface area contributed by atoms with Crippen LogP contribution in [0.4, 0.5) is 4.39 Å². The lowest BCUT2D eigenvalue weighted by atomic mass is 9.94. The molecule has 0 unspecified atom stereocenters. The molecule has 0 aromatic heterocycles. The van der Waals surface area contributed by atoms with E-state index in [4.69, 9.17) is 5.73 Å². The van der Waals surface area contributed by atoms with E-state index in [2.05, 4.69) is 21.2 Å². The Balaban J connectivity index is 2.21. The Morgan fingerprint density at radius 2 is 2.10 bits per heavy atom. The summed E-state index contributed by atoms with van der Waals surface area (Å²) in [6.07, 6.45) is 1.89. The number of halogens is 2. The molecule has 0 aliphatic carbocycles. The van der Waals surface area contributed by atoms with Crippen LogP contribution in [0.3, 0.4) is 0 Å². The number of nitrogens with one attached hydrogen (secondary N) is 1. The van der Waals surface area contributed by atoms with Crippen molar-refractivity contribution in [1.82, 2.24) is 5.32 Å². The average Bonchev–Trinajstić information content (AvgIpc) is 2.39. The number of aryl methyl sites for hydroxylation is 1. The Morgan fingerprint density at radius 1 is 1.30 bits per heavy atom. The van der Waals surface area contributed by atoms with Crippen molar-refractivity contribution in [3.63, 3.8) is 0 Å². The molecule has 1 aliphatic heterocycles. The second-order valence-corrected chi connectivity index (χ2v) is 5.77. The van der Waals surface area contributed by atoms with Crippen LogP contribution in [-0.4, -0.2) is 0 Å². The number of rotatable bonds is 1. The molecule has 0 bridgehead atoms. The maximum absolute atomic E-state index is 14.1. The molecule has 0 saturated carbocycles. The number of hydrogen-bond acceptors (Lipinski definition) is 2.